The summed E-state index contributed by atoms with van der Waals surface area (Å²) in [5.41, 5.74) is 2.18. The van der Waals surface area contributed by atoms with Crippen molar-refractivity contribution in [1.82, 2.24) is 9.80 Å². The third-order valence-corrected chi connectivity index (χ3v) is 4.86. The predicted octanol–water partition coefficient (Wildman–Crippen LogP) is 2.76. The highest BCUT2D eigenvalue weighted by Gasteiger charge is 2.27. The van der Waals surface area contributed by atoms with Crippen molar-refractivity contribution in [2.45, 2.75) is 33.2 Å². The zero-order chi connectivity index (χ0) is 17.1. The molecule has 0 spiro atoms. The van der Waals surface area contributed by atoms with Crippen molar-refractivity contribution < 1.29 is 9.72 Å². The van der Waals surface area contributed by atoms with E-state index in [-0.39, 0.29) is 22.6 Å². The van der Waals surface area contributed by atoms with Crippen LogP contribution in [0.2, 0.25) is 0 Å². The van der Waals surface area contributed by atoms with Crippen molar-refractivity contribution in [3.05, 3.63) is 39.4 Å². The van der Waals surface area contributed by atoms with Gasteiger partial charge in [-0.15, -0.1) is 0 Å². The summed E-state index contributed by atoms with van der Waals surface area (Å²) in [7, 11) is 2.04. The molecule has 2 atom stereocenters. The molecule has 1 fully saturated rings. The van der Waals surface area contributed by atoms with Gasteiger partial charge in [-0.05, 0) is 44.4 Å². The molecule has 126 valence electrons. The molecule has 0 radical (unpaired) electrons. The molecule has 0 N–H and O–H groups in total. The zero-order valence-corrected chi connectivity index (χ0v) is 14.3. The van der Waals surface area contributed by atoms with Gasteiger partial charge in [0, 0.05) is 44.7 Å². The Morgan fingerprint density at radius 1 is 1.52 bits per heavy atom. The Labute approximate surface area is 137 Å². The molecule has 1 aliphatic heterocycles. The van der Waals surface area contributed by atoms with Gasteiger partial charge in [0.25, 0.3) is 5.69 Å². The van der Waals surface area contributed by atoms with Crippen molar-refractivity contribution >= 4 is 11.6 Å². The number of nitrogens with zero attached hydrogens (tertiary/aromatic N) is 3. The van der Waals surface area contributed by atoms with E-state index in [0.29, 0.717) is 5.92 Å². The van der Waals surface area contributed by atoms with Gasteiger partial charge in [0.1, 0.15) is 0 Å². The van der Waals surface area contributed by atoms with Crippen LogP contribution in [-0.4, -0.2) is 47.3 Å². The summed E-state index contributed by atoms with van der Waals surface area (Å²) in [5, 5.41) is 11.0. The number of carbonyl (C=O) groups is 1. The van der Waals surface area contributed by atoms with Crippen molar-refractivity contribution in [3.63, 3.8) is 0 Å². The standard InChI is InChI=1S/C17H25N3O3/c1-12-5-6-16(20(22)23)9-17(12)13(2)18(4)10-15-7-8-19(11-15)14(3)21/h5-6,9,13,15H,7-8,10-11H2,1-4H3/t13-,15-/m1/s1. The Balaban J connectivity index is 2.05. The largest absolute Gasteiger partial charge is 0.343 e. The highest BCUT2D eigenvalue weighted by atomic mass is 16.6. The van der Waals surface area contributed by atoms with E-state index in [1.165, 1.54) is 0 Å². The minimum atomic E-state index is -0.350. The molecule has 6 nitrogen and oxygen atoms in total. The van der Waals surface area contributed by atoms with Crippen LogP contribution in [0.15, 0.2) is 18.2 Å². The minimum Gasteiger partial charge on any atom is -0.343 e. The van der Waals surface area contributed by atoms with Crippen molar-refractivity contribution in [2.24, 2.45) is 5.92 Å². The van der Waals surface area contributed by atoms with Crippen LogP contribution < -0.4 is 0 Å². The lowest BCUT2D eigenvalue weighted by Gasteiger charge is -2.28. The van der Waals surface area contributed by atoms with Crippen molar-refractivity contribution in [2.75, 3.05) is 26.7 Å². The van der Waals surface area contributed by atoms with E-state index in [2.05, 4.69) is 11.8 Å². The number of amides is 1. The van der Waals surface area contributed by atoms with Crippen molar-refractivity contribution in [3.8, 4) is 0 Å². The van der Waals surface area contributed by atoms with Crippen molar-refractivity contribution in [1.29, 1.82) is 0 Å². The molecule has 6 heteroatoms. The molecular weight excluding hydrogens is 294 g/mol. The van der Waals surface area contributed by atoms with Gasteiger partial charge in [0.05, 0.1) is 4.92 Å². The number of carbonyl (C=O) groups excluding carboxylic acids is 1. The molecule has 1 heterocycles. The van der Waals surface area contributed by atoms with Gasteiger partial charge in [-0.2, -0.15) is 0 Å². The van der Waals surface area contributed by atoms with Gasteiger partial charge < -0.3 is 4.90 Å². The minimum absolute atomic E-state index is 0.0984. The van der Waals surface area contributed by atoms with Crippen LogP contribution in [0.1, 0.15) is 37.4 Å². The molecule has 1 aromatic rings. The van der Waals surface area contributed by atoms with Crippen LogP contribution in [0.25, 0.3) is 0 Å². The second-order valence-corrected chi connectivity index (χ2v) is 6.53. The number of nitro groups is 1. The first-order chi connectivity index (χ1) is 10.8. The first kappa shape index (κ1) is 17.4. The van der Waals surface area contributed by atoms with Crippen LogP contribution in [0.4, 0.5) is 5.69 Å². The van der Waals surface area contributed by atoms with Gasteiger partial charge in [0.15, 0.2) is 0 Å². The van der Waals surface area contributed by atoms with Crippen LogP contribution in [0, 0.1) is 23.0 Å². The number of non-ortho nitro benzene ring substituents is 1. The molecule has 0 aliphatic carbocycles. The van der Waals surface area contributed by atoms with E-state index in [1.54, 1.807) is 19.1 Å². The molecule has 1 aromatic carbocycles. The second-order valence-electron chi connectivity index (χ2n) is 6.53. The van der Waals surface area contributed by atoms with E-state index in [4.69, 9.17) is 0 Å². The summed E-state index contributed by atoms with van der Waals surface area (Å²) < 4.78 is 0. The van der Waals surface area contributed by atoms with E-state index in [0.717, 1.165) is 37.2 Å². The molecule has 0 unspecified atom stereocenters. The molecule has 1 aliphatic rings. The SMILES string of the molecule is CC(=O)N1CC[C@H](CN(C)[C@H](C)c2cc([N+](=O)[O-])ccc2C)C1. The number of aryl methyl sites for hydroxylation is 1. The summed E-state index contributed by atoms with van der Waals surface area (Å²) in [5.74, 6) is 0.600. The van der Waals surface area contributed by atoms with Gasteiger partial charge >= 0.3 is 0 Å². The van der Waals surface area contributed by atoms with Crippen LogP contribution in [0.3, 0.4) is 0 Å². The Morgan fingerprint density at radius 2 is 2.22 bits per heavy atom. The fraction of sp³-hybridized carbons (Fsp3) is 0.588. The summed E-state index contributed by atoms with van der Waals surface area (Å²) in [6.07, 6.45) is 1.02. The fourth-order valence-corrected chi connectivity index (χ4v) is 3.26. The summed E-state index contributed by atoms with van der Waals surface area (Å²) in [4.78, 5) is 26.2. The Bertz CT molecular complexity index is 603. The Hall–Kier alpha value is -1.95. The Kier molecular flexibility index (Phi) is 5.36. The number of hydrogen-bond acceptors (Lipinski definition) is 4. The summed E-state index contributed by atoms with van der Waals surface area (Å²) in [6, 6.07) is 5.13. The third kappa shape index (κ3) is 4.07. The molecule has 2 rings (SSSR count). The molecule has 23 heavy (non-hydrogen) atoms. The maximum atomic E-state index is 11.4. The lowest BCUT2D eigenvalue weighted by Crippen LogP contribution is -2.32. The highest BCUT2D eigenvalue weighted by Crippen LogP contribution is 2.28. The zero-order valence-electron chi connectivity index (χ0n) is 14.3. The molecule has 0 aromatic heterocycles. The monoisotopic (exact) mass is 319 g/mol. The maximum Gasteiger partial charge on any atom is 0.269 e. The summed E-state index contributed by atoms with van der Waals surface area (Å²) in [6.45, 7) is 8.19. The van der Waals surface area contributed by atoms with E-state index >= 15 is 0 Å². The number of likely N-dealkylation sites (tertiary alicyclic amines) is 1. The van der Waals surface area contributed by atoms with Gasteiger partial charge in [-0.1, -0.05) is 6.07 Å². The normalized spacial score (nSPS) is 19.2. The molecule has 1 saturated heterocycles. The number of hydrogen-bond donors (Lipinski definition) is 0. The van der Waals surface area contributed by atoms with Crippen LogP contribution in [-0.2, 0) is 4.79 Å². The van der Waals surface area contributed by atoms with E-state index < -0.39 is 0 Å². The highest BCUT2D eigenvalue weighted by molar-refractivity contribution is 5.73. The van der Waals surface area contributed by atoms with Gasteiger partial charge in [-0.3, -0.25) is 19.8 Å². The fourth-order valence-electron chi connectivity index (χ4n) is 3.26. The first-order valence-corrected chi connectivity index (χ1v) is 8.00. The maximum absolute atomic E-state index is 11.4. The quantitative estimate of drug-likeness (QED) is 0.618. The Morgan fingerprint density at radius 3 is 2.78 bits per heavy atom. The number of benzene rings is 1. The topological polar surface area (TPSA) is 66.7 Å². The predicted molar refractivity (Wildman–Crippen MR) is 89.2 cm³/mol. The molecule has 0 bridgehead atoms. The second kappa shape index (κ2) is 7.08. The molecular formula is C17H25N3O3. The lowest BCUT2D eigenvalue weighted by molar-refractivity contribution is -0.385. The van der Waals surface area contributed by atoms with Crippen LogP contribution >= 0.6 is 0 Å². The van der Waals surface area contributed by atoms with Crippen LogP contribution in [0.5, 0.6) is 0 Å². The molecule has 0 saturated carbocycles. The average molecular weight is 319 g/mol. The molecule has 1 amide bonds. The van der Waals surface area contributed by atoms with Gasteiger partial charge in [-0.25, -0.2) is 0 Å². The average Bonchev–Trinajstić information content (AvgIpc) is 2.95. The number of rotatable bonds is 5. The van der Waals surface area contributed by atoms with E-state index in [1.807, 2.05) is 24.9 Å². The third-order valence-electron chi connectivity index (χ3n) is 4.86. The van der Waals surface area contributed by atoms with Gasteiger partial charge in [0.2, 0.25) is 5.91 Å². The number of nitro benzene ring substituents is 1. The lowest BCUT2D eigenvalue weighted by atomic mass is 9.99. The summed E-state index contributed by atoms with van der Waals surface area (Å²) >= 11 is 0. The van der Waals surface area contributed by atoms with E-state index in [9.17, 15) is 14.9 Å². The smallest absolute Gasteiger partial charge is 0.269 e. The first-order valence-electron chi connectivity index (χ1n) is 8.00.